The molecule has 0 aromatic heterocycles. The molecule has 0 amide bonds. The van der Waals surface area contributed by atoms with Crippen LogP contribution in [0.2, 0.25) is 0 Å². The van der Waals surface area contributed by atoms with Gasteiger partial charge in [-0.05, 0) is 37.1 Å². The highest BCUT2D eigenvalue weighted by Crippen LogP contribution is 2.27. The van der Waals surface area contributed by atoms with Gasteiger partial charge in [-0.15, -0.1) is 0 Å². The van der Waals surface area contributed by atoms with E-state index in [0.29, 0.717) is 25.4 Å². The van der Waals surface area contributed by atoms with E-state index in [-0.39, 0.29) is 17.7 Å². The molecule has 0 aliphatic carbocycles. The summed E-state index contributed by atoms with van der Waals surface area (Å²) in [4.78, 5) is 0.154. The fraction of sp³-hybridized carbons (Fsp3) is 0.571. The third-order valence-corrected chi connectivity index (χ3v) is 4.91. The van der Waals surface area contributed by atoms with Crippen molar-refractivity contribution in [1.29, 1.82) is 0 Å². The van der Waals surface area contributed by atoms with Crippen molar-refractivity contribution in [1.82, 2.24) is 4.72 Å². The van der Waals surface area contributed by atoms with Crippen molar-refractivity contribution in [2.45, 2.75) is 31.5 Å². The van der Waals surface area contributed by atoms with Crippen LogP contribution in [0, 0.1) is 13.8 Å². The van der Waals surface area contributed by atoms with Gasteiger partial charge in [0.25, 0.3) is 0 Å². The van der Waals surface area contributed by atoms with Crippen molar-refractivity contribution in [3.8, 4) is 5.75 Å². The van der Waals surface area contributed by atoms with Crippen LogP contribution < -0.4 is 9.46 Å². The van der Waals surface area contributed by atoms with Gasteiger partial charge in [0.1, 0.15) is 10.6 Å². The first-order valence-corrected chi connectivity index (χ1v) is 8.30. The Balaban J connectivity index is 2.09. The van der Waals surface area contributed by atoms with Gasteiger partial charge in [-0.1, -0.05) is 0 Å². The molecule has 1 fully saturated rings. The van der Waals surface area contributed by atoms with Gasteiger partial charge in [-0.3, -0.25) is 0 Å². The van der Waals surface area contributed by atoms with Crippen LogP contribution in [-0.2, 0) is 19.5 Å². The van der Waals surface area contributed by atoms with Gasteiger partial charge in [-0.2, -0.15) is 0 Å². The van der Waals surface area contributed by atoms with Crippen LogP contribution in [0.5, 0.6) is 5.75 Å². The highest BCUT2D eigenvalue weighted by atomic mass is 32.2. The molecule has 1 heterocycles. The van der Waals surface area contributed by atoms with Crippen molar-refractivity contribution in [3.05, 3.63) is 23.3 Å². The van der Waals surface area contributed by atoms with E-state index >= 15 is 0 Å². The lowest BCUT2D eigenvalue weighted by molar-refractivity contribution is -0.0451. The Labute approximate surface area is 125 Å². The van der Waals surface area contributed by atoms with E-state index in [2.05, 4.69) is 4.72 Å². The summed E-state index contributed by atoms with van der Waals surface area (Å²) in [7, 11) is -2.16. The zero-order valence-corrected chi connectivity index (χ0v) is 13.3. The van der Waals surface area contributed by atoms with E-state index in [1.54, 1.807) is 12.1 Å². The van der Waals surface area contributed by atoms with Gasteiger partial charge in [-0.25, -0.2) is 13.1 Å². The van der Waals surface area contributed by atoms with Crippen LogP contribution in [0.15, 0.2) is 17.0 Å². The number of aryl methyl sites for hydroxylation is 2. The maximum atomic E-state index is 12.4. The minimum absolute atomic E-state index is 0.154. The van der Waals surface area contributed by atoms with Crippen LogP contribution in [0.25, 0.3) is 0 Å². The Kier molecular flexibility index (Phi) is 5.21. The summed E-state index contributed by atoms with van der Waals surface area (Å²) in [5.41, 5.74) is 1.89. The lowest BCUT2D eigenvalue weighted by Gasteiger charge is -2.14. The molecule has 1 aromatic rings. The number of benzene rings is 1. The molecule has 0 unspecified atom stereocenters. The topological polar surface area (TPSA) is 73.9 Å². The van der Waals surface area contributed by atoms with Gasteiger partial charge >= 0.3 is 0 Å². The van der Waals surface area contributed by atoms with Crippen LogP contribution in [0.1, 0.15) is 17.5 Å². The SMILES string of the molecule is COc1cc(C)c(C)cc1S(=O)(=O)NCCC1OCCO1. The maximum absolute atomic E-state index is 12.4. The minimum Gasteiger partial charge on any atom is -0.495 e. The second-order valence-electron chi connectivity index (χ2n) is 4.94. The van der Waals surface area contributed by atoms with Gasteiger partial charge < -0.3 is 14.2 Å². The standard InChI is InChI=1S/C14H21NO5S/c1-10-8-12(18-3)13(9-11(10)2)21(16,17)15-5-4-14-19-6-7-20-14/h8-9,14-15H,4-7H2,1-3H3. The zero-order valence-electron chi connectivity index (χ0n) is 12.5. The highest BCUT2D eigenvalue weighted by Gasteiger charge is 2.22. The lowest BCUT2D eigenvalue weighted by atomic mass is 10.1. The van der Waals surface area contributed by atoms with E-state index < -0.39 is 10.0 Å². The number of ether oxygens (including phenoxy) is 3. The van der Waals surface area contributed by atoms with Crippen molar-refractivity contribution in [3.63, 3.8) is 0 Å². The molecular weight excluding hydrogens is 294 g/mol. The molecule has 0 bridgehead atoms. The Bertz CT molecular complexity index is 594. The molecule has 1 N–H and O–H groups in total. The van der Waals surface area contributed by atoms with E-state index in [4.69, 9.17) is 14.2 Å². The Morgan fingerprint density at radius 3 is 2.48 bits per heavy atom. The Morgan fingerprint density at radius 1 is 1.24 bits per heavy atom. The quantitative estimate of drug-likeness (QED) is 0.858. The summed E-state index contributed by atoms with van der Waals surface area (Å²) < 4.78 is 43.0. The third-order valence-electron chi connectivity index (χ3n) is 3.43. The smallest absolute Gasteiger partial charge is 0.244 e. The van der Waals surface area contributed by atoms with E-state index in [1.165, 1.54) is 7.11 Å². The van der Waals surface area contributed by atoms with Crippen LogP contribution in [0.3, 0.4) is 0 Å². The largest absolute Gasteiger partial charge is 0.495 e. The number of methoxy groups -OCH3 is 1. The summed E-state index contributed by atoms with van der Waals surface area (Å²) in [5, 5.41) is 0. The molecule has 1 saturated heterocycles. The number of sulfonamides is 1. The van der Waals surface area contributed by atoms with Gasteiger partial charge in [0.2, 0.25) is 10.0 Å². The zero-order chi connectivity index (χ0) is 15.5. The molecule has 2 rings (SSSR count). The average Bonchev–Trinajstić information content (AvgIpc) is 2.94. The van der Waals surface area contributed by atoms with Gasteiger partial charge in [0.05, 0.1) is 20.3 Å². The van der Waals surface area contributed by atoms with Crippen molar-refractivity contribution < 1.29 is 22.6 Å². The monoisotopic (exact) mass is 315 g/mol. The molecule has 0 spiro atoms. The number of hydrogen-bond acceptors (Lipinski definition) is 5. The number of rotatable bonds is 6. The number of hydrogen-bond donors (Lipinski definition) is 1. The predicted octanol–water partition coefficient (Wildman–Crippen LogP) is 1.35. The molecule has 0 atom stereocenters. The molecule has 21 heavy (non-hydrogen) atoms. The van der Waals surface area contributed by atoms with Gasteiger partial charge in [0, 0.05) is 13.0 Å². The Morgan fingerprint density at radius 2 is 1.86 bits per heavy atom. The summed E-state index contributed by atoms with van der Waals surface area (Å²) in [6, 6.07) is 3.35. The first kappa shape index (κ1) is 16.2. The molecule has 1 aliphatic heterocycles. The van der Waals surface area contributed by atoms with E-state index in [9.17, 15) is 8.42 Å². The van der Waals surface area contributed by atoms with E-state index in [1.807, 2.05) is 13.8 Å². The molecule has 6 nitrogen and oxygen atoms in total. The van der Waals surface area contributed by atoms with Gasteiger partial charge in [0.15, 0.2) is 6.29 Å². The molecule has 7 heteroatoms. The fourth-order valence-corrected chi connectivity index (χ4v) is 3.38. The number of nitrogens with one attached hydrogen (secondary N) is 1. The first-order chi connectivity index (χ1) is 9.94. The second-order valence-corrected chi connectivity index (χ2v) is 6.68. The Hall–Kier alpha value is -1.15. The molecule has 0 saturated carbocycles. The van der Waals surface area contributed by atoms with Crippen molar-refractivity contribution >= 4 is 10.0 Å². The third kappa shape index (κ3) is 3.94. The summed E-state index contributed by atoms with van der Waals surface area (Å²) >= 11 is 0. The molecule has 0 radical (unpaired) electrons. The summed E-state index contributed by atoms with van der Waals surface area (Å²) in [6.45, 7) is 5.15. The average molecular weight is 315 g/mol. The predicted molar refractivity (Wildman–Crippen MR) is 78.0 cm³/mol. The summed E-state index contributed by atoms with van der Waals surface area (Å²) in [5.74, 6) is 0.346. The normalized spacial score (nSPS) is 16.3. The van der Waals surface area contributed by atoms with Crippen LogP contribution in [0.4, 0.5) is 0 Å². The van der Waals surface area contributed by atoms with Crippen LogP contribution >= 0.6 is 0 Å². The summed E-state index contributed by atoms with van der Waals surface area (Å²) in [6.07, 6.45) is 0.154. The molecule has 1 aromatic carbocycles. The van der Waals surface area contributed by atoms with Crippen LogP contribution in [-0.4, -0.2) is 41.6 Å². The highest BCUT2D eigenvalue weighted by molar-refractivity contribution is 7.89. The second kappa shape index (κ2) is 6.74. The maximum Gasteiger partial charge on any atom is 0.244 e. The minimum atomic E-state index is -3.62. The molecule has 1 aliphatic rings. The first-order valence-electron chi connectivity index (χ1n) is 6.82. The molecular formula is C14H21NO5S. The fourth-order valence-electron chi connectivity index (χ4n) is 2.10. The van der Waals surface area contributed by atoms with E-state index in [0.717, 1.165) is 11.1 Å². The van der Waals surface area contributed by atoms with Crippen molar-refractivity contribution in [2.75, 3.05) is 26.9 Å². The van der Waals surface area contributed by atoms with Crippen molar-refractivity contribution in [2.24, 2.45) is 0 Å². The lowest BCUT2D eigenvalue weighted by Crippen LogP contribution is -2.28. The molecule has 118 valence electrons.